The topological polar surface area (TPSA) is 76.0 Å². The molecule has 0 radical (unpaired) electrons. The van der Waals surface area contributed by atoms with Crippen molar-refractivity contribution in [1.82, 2.24) is 5.01 Å². The molecule has 2 heterocycles. The number of carbonyl (C=O) groups excluding carboxylic acids is 3. The maximum absolute atomic E-state index is 14.6. The number of hydrogen-bond acceptors (Lipinski definition) is 6. The van der Waals surface area contributed by atoms with E-state index in [2.05, 4.69) is 5.10 Å². The van der Waals surface area contributed by atoms with Crippen LogP contribution in [0.5, 0.6) is 0 Å². The zero-order valence-electron chi connectivity index (χ0n) is 20.9. The molecule has 0 aromatic heterocycles. The minimum Gasteiger partial charge on any atom is -0.458 e. The van der Waals surface area contributed by atoms with Crippen LogP contribution in [0.25, 0.3) is 0 Å². The number of hydrogen-bond donors (Lipinski definition) is 0. The lowest BCUT2D eigenvalue weighted by Gasteiger charge is -2.36. The van der Waals surface area contributed by atoms with Crippen LogP contribution in [-0.4, -0.2) is 40.4 Å². The number of ketones is 2. The number of rotatable bonds is 2. The van der Waals surface area contributed by atoms with Crippen LogP contribution in [0.15, 0.2) is 71.8 Å². The third-order valence-corrected chi connectivity index (χ3v) is 8.08. The molecule has 8 heteroatoms. The van der Waals surface area contributed by atoms with Gasteiger partial charge in [-0.2, -0.15) is 5.10 Å². The van der Waals surface area contributed by atoms with Crippen LogP contribution in [0.2, 0.25) is 10.0 Å². The Kier molecular flexibility index (Phi) is 5.57. The SMILES string of the molecule is CC(C)(C)OC(=O)[C@H]1[C@H](c2ccc(Cl)cc2Cl)C2(C(=O)c3ccccc3C2=O)C2c3ccccc3C=NN21. The zero-order valence-corrected chi connectivity index (χ0v) is 22.5. The van der Waals surface area contributed by atoms with Gasteiger partial charge >= 0.3 is 5.97 Å². The average Bonchev–Trinajstić information content (AvgIpc) is 3.30. The van der Waals surface area contributed by atoms with Gasteiger partial charge < -0.3 is 4.74 Å². The van der Waals surface area contributed by atoms with Gasteiger partial charge in [0.05, 0.1) is 12.3 Å². The molecule has 3 aromatic rings. The fraction of sp³-hybridized carbons (Fsp3) is 0.267. The summed E-state index contributed by atoms with van der Waals surface area (Å²) < 4.78 is 5.88. The number of hydrazone groups is 1. The Morgan fingerprint density at radius 3 is 2.18 bits per heavy atom. The third-order valence-electron chi connectivity index (χ3n) is 7.52. The third kappa shape index (κ3) is 3.40. The van der Waals surface area contributed by atoms with Crippen molar-refractivity contribution >= 4 is 47.0 Å². The van der Waals surface area contributed by atoms with Gasteiger partial charge in [-0.1, -0.05) is 77.8 Å². The maximum Gasteiger partial charge on any atom is 0.331 e. The van der Waals surface area contributed by atoms with E-state index in [1.54, 1.807) is 74.5 Å². The molecule has 6 rings (SSSR count). The Morgan fingerprint density at radius 2 is 1.55 bits per heavy atom. The molecule has 0 saturated carbocycles. The Bertz CT molecular complexity index is 1520. The molecule has 1 spiro atoms. The van der Waals surface area contributed by atoms with Crippen molar-refractivity contribution in [2.45, 2.75) is 44.4 Å². The Hall–Kier alpha value is -3.48. The second-order valence-corrected chi connectivity index (χ2v) is 11.7. The number of nitrogens with zero attached hydrogens (tertiary/aromatic N) is 2. The summed E-state index contributed by atoms with van der Waals surface area (Å²) in [7, 11) is 0. The van der Waals surface area contributed by atoms with Crippen LogP contribution in [-0.2, 0) is 9.53 Å². The van der Waals surface area contributed by atoms with Crippen LogP contribution in [0.3, 0.4) is 0 Å². The van der Waals surface area contributed by atoms with E-state index in [0.717, 1.165) is 11.1 Å². The summed E-state index contributed by atoms with van der Waals surface area (Å²) in [6, 6.07) is 17.2. The lowest BCUT2D eigenvalue weighted by molar-refractivity contribution is -0.161. The van der Waals surface area contributed by atoms with E-state index in [1.807, 2.05) is 24.3 Å². The van der Waals surface area contributed by atoms with E-state index in [-0.39, 0.29) is 16.6 Å². The number of halogens is 2. The minimum absolute atomic E-state index is 0.254. The van der Waals surface area contributed by atoms with Crippen LogP contribution in [0.1, 0.15) is 70.1 Å². The van der Waals surface area contributed by atoms with E-state index in [1.165, 1.54) is 0 Å². The molecule has 1 saturated heterocycles. The van der Waals surface area contributed by atoms with Crippen molar-refractivity contribution in [2.75, 3.05) is 0 Å². The number of carbonyl (C=O) groups is 3. The molecule has 1 unspecified atom stereocenters. The molecule has 3 aliphatic rings. The molecule has 0 N–H and O–H groups in total. The molecule has 38 heavy (non-hydrogen) atoms. The van der Waals surface area contributed by atoms with E-state index in [4.69, 9.17) is 27.9 Å². The van der Waals surface area contributed by atoms with E-state index < -0.39 is 35.0 Å². The van der Waals surface area contributed by atoms with Gasteiger partial charge in [0.25, 0.3) is 0 Å². The first-order valence-electron chi connectivity index (χ1n) is 12.3. The summed E-state index contributed by atoms with van der Waals surface area (Å²) in [4.78, 5) is 43.2. The molecule has 3 atom stereocenters. The molecule has 0 bridgehead atoms. The van der Waals surface area contributed by atoms with Crippen molar-refractivity contribution < 1.29 is 19.1 Å². The maximum atomic E-state index is 14.6. The van der Waals surface area contributed by atoms with Crippen molar-refractivity contribution in [1.29, 1.82) is 0 Å². The molecular formula is C30H24Cl2N2O4. The first kappa shape index (κ1) is 24.8. The van der Waals surface area contributed by atoms with Gasteiger partial charge in [-0.05, 0) is 49.6 Å². The highest BCUT2D eigenvalue weighted by Gasteiger charge is 2.73. The van der Waals surface area contributed by atoms with Crippen LogP contribution >= 0.6 is 23.2 Å². The summed E-state index contributed by atoms with van der Waals surface area (Å²) in [6.07, 6.45) is 1.65. The van der Waals surface area contributed by atoms with Gasteiger partial charge in [-0.3, -0.25) is 14.6 Å². The normalized spacial score (nSPS) is 22.9. The number of Topliss-reactive ketones (excluding diaryl/α,β-unsaturated/α-hetero) is 2. The van der Waals surface area contributed by atoms with Gasteiger partial charge in [0.1, 0.15) is 11.0 Å². The van der Waals surface area contributed by atoms with Gasteiger partial charge in [0.2, 0.25) is 0 Å². The lowest BCUT2D eigenvalue weighted by Crippen LogP contribution is -2.44. The highest BCUT2D eigenvalue weighted by atomic mass is 35.5. The highest BCUT2D eigenvalue weighted by Crippen LogP contribution is 2.65. The summed E-state index contributed by atoms with van der Waals surface area (Å²) in [5.74, 6) is -2.31. The van der Waals surface area contributed by atoms with Crippen molar-refractivity contribution in [3.05, 3.63) is 105 Å². The Morgan fingerprint density at radius 1 is 0.921 bits per heavy atom. The molecule has 2 aliphatic heterocycles. The molecular weight excluding hydrogens is 523 g/mol. The molecule has 192 valence electrons. The number of fused-ring (bicyclic) bond motifs is 5. The monoisotopic (exact) mass is 546 g/mol. The summed E-state index contributed by atoms with van der Waals surface area (Å²) >= 11 is 13.0. The highest BCUT2D eigenvalue weighted by molar-refractivity contribution is 6.36. The van der Waals surface area contributed by atoms with Gasteiger partial charge in [0, 0.05) is 27.1 Å². The number of ether oxygens (including phenoxy) is 1. The second kappa shape index (κ2) is 8.52. The first-order valence-corrected chi connectivity index (χ1v) is 13.1. The average molecular weight is 547 g/mol. The number of benzene rings is 3. The van der Waals surface area contributed by atoms with Gasteiger partial charge in [-0.15, -0.1) is 0 Å². The van der Waals surface area contributed by atoms with Crippen molar-refractivity contribution in [3.8, 4) is 0 Å². The molecule has 0 amide bonds. The minimum atomic E-state index is -1.71. The van der Waals surface area contributed by atoms with Crippen molar-refractivity contribution in [3.63, 3.8) is 0 Å². The lowest BCUT2D eigenvalue weighted by atomic mass is 9.63. The quantitative estimate of drug-likeness (QED) is 0.280. The Balaban J connectivity index is 1.70. The first-order chi connectivity index (χ1) is 18.1. The van der Waals surface area contributed by atoms with Gasteiger partial charge in [-0.25, -0.2) is 4.79 Å². The van der Waals surface area contributed by atoms with Crippen LogP contribution < -0.4 is 0 Å². The van der Waals surface area contributed by atoms with E-state index in [0.29, 0.717) is 21.7 Å². The summed E-state index contributed by atoms with van der Waals surface area (Å²) in [6.45, 7) is 5.32. The summed E-state index contributed by atoms with van der Waals surface area (Å²) in [5, 5.41) is 6.90. The Labute approximate surface area is 230 Å². The predicted octanol–water partition coefficient (Wildman–Crippen LogP) is 6.26. The standard InChI is InChI=1S/C30H24Cl2N2O4/c1-29(2,3)38-28(37)24-23(21-13-12-17(31)14-22(21)32)30(26(35)19-10-6-7-11-20(19)27(30)36)25-18-9-5-4-8-16(18)15-33-34(24)25/h4-15,23-25H,1-3H3/t23-,24+,25?/m0/s1. The summed E-state index contributed by atoms with van der Waals surface area (Å²) in [5.41, 5.74) is 0.0862. The molecule has 1 fully saturated rings. The molecule has 1 aliphatic carbocycles. The molecule has 3 aromatic carbocycles. The second-order valence-electron chi connectivity index (χ2n) is 10.9. The van der Waals surface area contributed by atoms with Crippen LogP contribution in [0, 0.1) is 5.41 Å². The van der Waals surface area contributed by atoms with Gasteiger partial charge in [0.15, 0.2) is 17.6 Å². The fourth-order valence-electron chi connectivity index (χ4n) is 6.21. The zero-order chi connectivity index (χ0) is 27.0. The largest absolute Gasteiger partial charge is 0.458 e. The smallest absolute Gasteiger partial charge is 0.331 e. The predicted molar refractivity (Wildman–Crippen MR) is 145 cm³/mol. The van der Waals surface area contributed by atoms with E-state index in [9.17, 15) is 14.4 Å². The van der Waals surface area contributed by atoms with E-state index >= 15 is 0 Å². The van der Waals surface area contributed by atoms with Crippen molar-refractivity contribution in [2.24, 2.45) is 10.5 Å². The van der Waals surface area contributed by atoms with Crippen LogP contribution in [0.4, 0.5) is 0 Å². The fourth-order valence-corrected chi connectivity index (χ4v) is 6.73. The molecule has 6 nitrogen and oxygen atoms in total. The number of esters is 1.